The molecule has 128 valence electrons. The third-order valence-corrected chi connectivity index (χ3v) is 3.77. The van der Waals surface area contributed by atoms with Crippen molar-refractivity contribution >= 4 is 11.6 Å². The molecular formula is C18H18N4O3. The van der Waals surface area contributed by atoms with E-state index in [1.165, 1.54) is 0 Å². The molecule has 1 heterocycles. The summed E-state index contributed by atoms with van der Waals surface area (Å²) in [5, 5.41) is 10.9. The van der Waals surface area contributed by atoms with Crippen molar-refractivity contribution in [2.24, 2.45) is 0 Å². The molecule has 0 aliphatic heterocycles. The van der Waals surface area contributed by atoms with Crippen molar-refractivity contribution in [2.45, 2.75) is 6.92 Å². The highest BCUT2D eigenvalue weighted by Crippen LogP contribution is 2.19. The standard InChI is InChI=1S/C18H18N4O3/c1-12-17(18(23)19-13-4-8-15(24-2)9-5-13)20-21-22(12)14-6-10-16(25-3)11-7-14/h4-11H,1-3H3,(H,19,23). The van der Waals surface area contributed by atoms with E-state index in [9.17, 15) is 4.79 Å². The lowest BCUT2D eigenvalue weighted by Crippen LogP contribution is -2.14. The van der Waals surface area contributed by atoms with E-state index in [2.05, 4.69) is 15.6 Å². The van der Waals surface area contributed by atoms with Gasteiger partial charge in [0.25, 0.3) is 5.91 Å². The van der Waals surface area contributed by atoms with Crippen molar-refractivity contribution in [1.82, 2.24) is 15.0 Å². The first-order valence-electron chi connectivity index (χ1n) is 7.64. The van der Waals surface area contributed by atoms with Gasteiger partial charge in [-0.15, -0.1) is 5.10 Å². The van der Waals surface area contributed by atoms with E-state index < -0.39 is 0 Å². The maximum absolute atomic E-state index is 12.5. The highest BCUT2D eigenvalue weighted by atomic mass is 16.5. The summed E-state index contributed by atoms with van der Waals surface area (Å²) in [6, 6.07) is 14.4. The number of nitrogens with zero attached hydrogens (tertiary/aromatic N) is 3. The van der Waals surface area contributed by atoms with E-state index in [-0.39, 0.29) is 11.6 Å². The van der Waals surface area contributed by atoms with E-state index in [0.717, 1.165) is 17.2 Å². The van der Waals surface area contributed by atoms with Crippen LogP contribution in [-0.4, -0.2) is 35.1 Å². The molecule has 0 aliphatic rings. The average Bonchev–Trinajstić information content (AvgIpc) is 3.04. The van der Waals surface area contributed by atoms with Crippen LogP contribution in [0.3, 0.4) is 0 Å². The van der Waals surface area contributed by atoms with Gasteiger partial charge in [0.05, 0.1) is 25.6 Å². The number of anilines is 1. The Labute approximate surface area is 145 Å². The Hall–Kier alpha value is -3.35. The van der Waals surface area contributed by atoms with Crippen LogP contribution in [0.25, 0.3) is 5.69 Å². The second-order valence-corrected chi connectivity index (χ2v) is 5.32. The van der Waals surface area contributed by atoms with Gasteiger partial charge in [0.15, 0.2) is 5.69 Å². The SMILES string of the molecule is COc1ccc(NC(=O)c2nnn(-c3ccc(OC)cc3)c2C)cc1. The normalized spacial score (nSPS) is 10.4. The number of carbonyl (C=O) groups is 1. The number of benzene rings is 2. The minimum absolute atomic E-state index is 0.270. The first-order chi connectivity index (χ1) is 12.1. The van der Waals surface area contributed by atoms with E-state index in [0.29, 0.717) is 11.4 Å². The summed E-state index contributed by atoms with van der Waals surface area (Å²) in [5.74, 6) is 1.15. The lowest BCUT2D eigenvalue weighted by molar-refractivity contribution is 0.102. The molecule has 0 fully saturated rings. The van der Waals surface area contributed by atoms with Crippen LogP contribution in [0.1, 0.15) is 16.2 Å². The topological polar surface area (TPSA) is 78.3 Å². The number of amides is 1. The smallest absolute Gasteiger partial charge is 0.278 e. The van der Waals surface area contributed by atoms with Crippen LogP contribution in [0.2, 0.25) is 0 Å². The third kappa shape index (κ3) is 3.45. The van der Waals surface area contributed by atoms with Crippen LogP contribution in [0.15, 0.2) is 48.5 Å². The summed E-state index contributed by atoms with van der Waals surface area (Å²) in [7, 11) is 3.20. The van der Waals surface area contributed by atoms with Gasteiger partial charge in [0.2, 0.25) is 0 Å². The summed E-state index contributed by atoms with van der Waals surface area (Å²) in [5.41, 5.74) is 2.38. The number of nitrogens with one attached hydrogen (secondary N) is 1. The summed E-state index contributed by atoms with van der Waals surface area (Å²) in [6.07, 6.45) is 0. The van der Waals surface area contributed by atoms with Crippen molar-refractivity contribution in [2.75, 3.05) is 19.5 Å². The highest BCUT2D eigenvalue weighted by Gasteiger charge is 2.17. The van der Waals surface area contributed by atoms with Crippen LogP contribution in [0, 0.1) is 6.92 Å². The maximum atomic E-state index is 12.5. The molecule has 0 saturated carbocycles. The number of hydrogen-bond donors (Lipinski definition) is 1. The molecule has 3 aromatic rings. The van der Waals surface area contributed by atoms with Gasteiger partial charge >= 0.3 is 0 Å². The molecule has 0 atom stereocenters. The summed E-state index contributed by atoms with van der Waals surface area (Å²) < 4.78 is 11.9. The zero-order valence-corrected chi connectivity index (χ0v) is 14.2. The van der Waals surface area contributed by atoms with Crippen molar-refractivity contribution in [3.05, 3.63) is 59.9 Å². The Morgan fingerprint density at radius 2 is 1.52 bits per heavy atom. The first-order valence-corrected chi connectivity index (χ1v) is 7.64. The summed E-state index contributed by atoms with van der Waals surface area (Å²) >= 11 is 0. The fourth-order valence-electron chi connectivity index (χ4n) is 2.37. The molecule has 1 N–H and O–H groups in total. The van der Waals surface area contributed by atoms with Crippen LogP contribution >= 0.6 is 0 Å². The van der Waals surface area contributed by atoms with Gasteiger partial charge in [-0.3, -0.25) is 4.79 Å². The molecule has 1 aromatic heterocycles. The van der Waals surface area contributed by atoms with Gasteiger partial charge < -0.3 is 14.8 Å². The van der Waals surface area contributed by atoms with E-state index >= 15 is 0 Å². The van der Waals surface area contributed by atoms with E-state index in [1.54, 1.807) is 50.1 Å². The van der Waals surface area contributed by atoms with E-state index in [4.69, 9.17) is 9.47 Å². The molecule has 25 heavy (non-hydrogen) atoms. The maximum Gasteiger partial charge on any atom is 0.278 e. The zero-order chi connectivity index (χ0) is 17.8. The molecule has 3 rings (SSSR count). The number of aromatic nitrogens is 3. The summed E-state index contributed by atoms with van der Waals surface area (Å²) in [6.45, 7) is 1.80. The number of methoxy groups -OCH3 is 2. The number of rotatable bonds is 5. The van der Waals surface area contributed by atoms with Gasteiger partial charge in [-0.25, -0.2) is 4.68 Å². The van der Waals surface area contributed by atoms with Crippen molar-refractivity contribution < 1.29 is 14.3 Å². The predicted octanol–water partition coefficient (Wildman–Crippen LogP) is 2.85. The van der Waals surface area contributed by atoms with Crippen LogP contribution in [0.5, 0.6) is 11.5 Å². The van der Waals surface area contributed by atoms with Crippen molar-refractivity contribution in [3.63, 3.8) is 0 Å². The van der Waals surface area contributed by atoms with Crippen molar-refractivity contribution in [3.8, 4) is 17.2 Å². The molecule has 0 saturated heterocycles. The van der Waals surface area contributed by atoms with E-state index in [1.807, 2.05) is 24.3 Å². The molecule has 0 aliphatic carbocycles. The Balaban J connectivity index is 1.80. The predicted molar refractivity (Wildman–Crippen MR) is 93.6 cm³/mol. The first kappa shape index (κ1) is 16.5. The molecule has 7 nitrogen and oxygen atoms in total. The van der Waals surface area contributed by atoms with Gasteiger partial charge in [-0.05, 0) is 55.5 Å². The lowest BCUT2D eigenvalue weighted by Gasteiger charge is -2.06. The monoisotopic (exact) mass is 338 g/mol. The molecular weight excluding hydrogens is 320 g/mol. The van der Waals surface area contributed by atoms with Gasteiger partial charge in [-0.2, -0.15) is 0 Å². The summed E-state index contributed by atoms with van der Waals surface area (Å²) in [4.78, 5) is 12.5. The molecule has 7 heteroatoms. The average molecular weight is 338 g/mol. The highest BCUT2D eigenvalue weighted by molar-refractivity contribution is 6.03. The quantitative estimate of drug-likeness (QED) is 0.774. The molecule has 0 bridgehead atoms. The Morgan fingerprint density at radius 3 is 2.08 bits per heavy atom. The second kappa shape index (κ2) is 7.04. The minimum Gasteiger partial charge on any atom is -0.497 e. The van der Waals surface area contributed by atoms with Crippen LogP contribution in [-0.2, 0) is 0 Å². The Kier molecular flexibility index (Phi) is 4.65. The van der Waals surface area contributed by atoms with Crippen LogP contribution < -0.4 is 14.8 Å². The molecule has 2 aromatic carbocycles. The van der Waals surface area contributed by atoms with Crippen LogP contribution in [0.4, 0.5) is 5.69 Å². The van der Waals surface area contributed by atoms with Gasteiger partial charge in [0.1, 0.15) is 11.5 Å². The largest absolute Gasteiger partial charge is 0.497 e. The minimum atomic E-state index is -0.317. The second-order valence-electron chi connectivity index (χ2n) is 5.32. The fraction of sp³-hybridized carbons (Fsp3) is 0.167. The number of hydrogen-bond acceptors (Lipinski definition) is 5. The molecule has 1 amide bonds. The Bertz CT molecular complexity index is 870. The molecule has 0 unspecified atom stereocenters. The molecule has 0 radical (unpaired) electrons. The molecule has 0 spiro atoms. The van der Waals surface area contributed by atoms with Gasteiger partial charge in [0, 0.05) is 5.69 Å². The number of ether oxygens (including phenoxy) is 2. The van der Waals surface area contributed by atoms with Gasteiger partial charge in [-0.1, -0.05) is 5.21 Å². The fourth-order valence-corrected chi connectivity index (χ4v) is 2.37. The third-order valence-electron chi connectivity index (χ3n) is 3.77. The van der Waals surface area contributed by atoms with Crippen molar-refractivity contribution in [1.29, 1.82) is 0 Å². The number of carbonyl (C=O) groups excluding carboxylic acids is 1. The zero-order valence-electron chi connectivity index (χ0n) is 14.2. The Morgan fingerprint density at radius 1 is 0.960 bits per heavy atom. The lowest BCUT2D eigenvalue weighted by atomic mass is 10.2.